The minimum absolute atomic E-state index is 0.131. The largest absolute Gasteiger partial charge is 0.368 e. The van der Waals surface area contributed by atoms with Gasteiger partial charge in [-0.25, -0.2) is 4.98 Å². The molecule has 0 radical (unpaired) electrons. The summed E-state index contributed by atoms with van der Waals surface area (Å²) in [5, 5.41) is 3.41. The van der Waals surface area contributed by atoms with Gasteiger partial charge in [-0.05, 0) is 52.4 Å². The zero-order valence-corrected chi connectivity index (χ0v) is 14.2. The van der Waals surface area contributed by atoms with Crippen molar-refractivity contribution in [3.63, 3.8) is 0 Å². The molecule has 1 amide bonds. The lowest BCUT2D eigenvalue weighted by Gasteiger charge is -2.43. The molecule has 0 spiro atoms. The fourth-order valence-electron chi connectivity index (χ4n) is 3.52. The highest BCUT2D eigenvalue weighted by molar-refractivity contribution is 5.99. The van der Waals surface area contributed by atoms with E-state index >= 15 is 0 Å². The molecular weight excluding hydrogens is 276 g/mol. The molecule has 5 heteroatoms. The Morgan fingerprint density at radius 3 is 2.50 bits per heavy atom. The third-order valence-corrected chi connectivity index (χ3v) is 4.91. The van der Waals surface area contributed by atoms with Crippen molar-refractivity contribution in [3.05, 3.63) is 22.9 Å². The molecule has 1 fully saturated rings. The number of hydrogen-bond acceptors (Lipinski definition) is 4. The number of rotatable bonds is 5. The van der Waals surface area contributed by atoms with E-state index < -0.39 is 5.91 Å². The van der Waals surface area contributed by atoms with Gasteiger partial charge in [0.15, 0.2) is 0 Å². The van der Waals surface area contributed by atoms with Crippen molar-refractivity contribution in [1.29, 1.82) is 0 Å². The van der Waals surface area contributed by atoms with Gasteiger partial charge in [0.2, 0.25) is 0 Å². The van der Waals surface area contributed by atoms with E-state index in [9.17, 15) is 4.79 Å². The first-order chi connectivity index (χ1) is 10.4. The Balaban J connectivity index is 2.25. The number of anilines is 1. The van der Waals surface area contributed by atoms with Crippen molar-refractivity contribution in [2.45, 2.75) is 51.5 Å². The number of primary amides is 1. The van der Waals surface area contributed by atoms with Gasteiger partial charge >= 0.3 is 0 Å². The molecule has 22 heavy (non-hydrogen) atoms. The molecule has 3 N–H and O–H groups in total. The summed E-state index contributed by atoms with van der Waals surface area (Å²) in [7, 11) is 4.27. The van der Waals surface area contributed by atoms with Crippen LogP contribution in [0.15, 0.2) is 6.07 Å². The molecule has 0 aliphatic heterocycles. The Morgan fingerprint density at radius 1 is 1.32 bits per heavy atom. The van der Waals surface area contributed by atoms with E-state index in [0.29, 0.717) is 11.4 Å². The first kappa shape index (κ1) is 16.7. The summed E-state index contributed by atoms with van der Waals surface area (Å²) >= 11 is 0. The summed E-state index contributed by atoms with van der Waals surface area (Å²) in [6.45, 7) is 4.63. The van der Waals surface area contributed by atoms with Gasteiger partial charge in [0.1, 0.15) is 5.82 Å². The maximum atomic E-state index is 11.8. The zero-order chi connectivity index (χ0) is 16.3. The summed E-state index contributed by atoms with van der Waals surface area (Å²) in [6.07, 6.45) is 6.16. The molecule has 2 rings (SSSR count). The summed E-state index contributed by atoms with van der Waals surface area (Å²) in [5.74, 6) is 0.201. The number of carbonyl (C=O) groups excluding carboxylic acids is 1. The van der Waals surface area contributed by atoms with E-state index in [-0.39, 0.29) is 5.54 Å². The zero-order valence-electron chi connectivity index (χ0n) is 14.2. The van der Waals surface area contributed by atoms with E-state index in [1.807, 2.05) is 19.9 Å². The van der Waals surface area contributed by atoms with E-state index in [1.165, 1.54) is 32.1 Å². The van der Waals surface area contributed by atoms with Gasteiger partial charge in [-0.3, -0.25) is 4.79 Å². The SMILES string of the molecule is Cc1cc(C)c(C(N)=O)c(NCC2(N(C)C)CCCCC2)n1. The summed E-state index contributed by atoms with van der Waals surface area (Å²) < 4.78 is 0. The summed E-state index contributed by atoms with van der Waals surface area (Å²) in [4.78, 5) is 18.6. The number of nitrogens with two attached hydrogens (primary N) is 1. The van der Waals surface area contributed by atoms with Crippen molar-refractivity contribution < 1.29 is 4.79 Å². The molecule has 1 aromatic heterocycles. The minimum Gasteiger partial charge on any atom is -0.368 e. The number of amides is 1. The third-order valence-electron chi connectivity index (χ3n) is 4.91. The second kappa shape index (κ2) is 6.65. The molecule has 0 atom stereocenters. The molecule has 1 saturated carbocycles. The third kappa shape index (κ3) is 3.40. The number of pyridine rings is 1. The average molecular weight is 304 g/mol. The fraction of sp³-hybridized carbons (Fsp3) is 0.647. The molecule has 5 nitrogen and oxygen atoms in total. The normalized spacial score (nSPS) is 17.5. The number of likely N-dealkylation sites (N-methyl/N-ethyl adjacent to an activating group) is 1. The van der Waals surface area contributed by atoms with Crippen LogP contribution in [0.4, 0.5) is 5.82 Å². The molecular formula is C17H28N4O. The number of nitrogens with zero attached hydrogens (tertiary/aromatic N) is 2. The molecule has 1 aliphatic carbocycles. The molecule has 1 aliphatic rings. The van der Waals surface area contributed by atoms with Gasteiger partial charge in [0.05, 0.1) is 5.56 Å². The molecule has 122 valence electrons. The lowest BCUT2D eigenvalue weighted by molar-refractivity contribution is 0.0999. The van der Waals surface area contributed by atoms with Crippen LogP contribution in [0.3, 0.4) is 0 Å². The minimum atomic E-state index is -0.421. The second-order valence-corrected chi connectivity index (χ2v) is 6.70. The number of hydrogen-bond donors (Lipinski definition) is 2. The molecule has 0 aromatic carbocycles. The van der Waals surface area contributed by atoms with Gasteiger partial charge < -0.3 is 16.0 Å². The van der Waals surface area contributed by atoms with Crippen LogP contribution >= 0.6 is 0 Å². The van der Waals surface area contributed by atoms with Crippen LogP contribution in [0.25, 0.3) is 0 Å². The Bertz CT molecular complexity index is 548. The predicted octanol–water partition coefficient (Wildman–Crippen LogP) is 2.47. The Kier molecular flexibility index (Phi) is 5.06. The number of aryl methyl sites for hydroxylation is 2. The standard InChI is InChI=1S/C17H28N4O/c1-12-10-13(2)20-16(14(12)15(18)22)19-11-17(21(3)4)8-6-5-7-9-17/h10H,5-9,11H2,1-4H3,(H2,18,22)(H,19,20). The molecule has 0 unspecified atom stereocenters. The van der Waals surface area contributed by atoms with Gasteiger partial charge in [-0.1, -0.05) is 19.3 Å². The maximum absolute atomic E-state index is 11.8. The maximum Gasteiger partial charge on any atom is 0.252 e. The van der Waals surface area contributed by atoms with Gasteiger partial charge in [0, 0.05) is 17.8 Å². The van der Waals surface area contributed by atoms with Gasteiger partial charge in [-0.2, -0.15) is 0 Å². The topological polar surface area (TPSA) is 71.2 Å². The first-order valence-electron chi connectivity index (χ1n) is 8.05. The van der Waals surface area contributed by atoms with Crippen molar-refractivity contribution in [2.75, 3.05) is 26.0 Å². The number of carbonyl (C=O) groups is 1. The quantitative estimate of drug-likeness (QED) is 0.876. The average Bonchev–Trinajstić information content (AvgIpc) is 2.44. The highest BCUT2D eigenvalue weighted by Gasteiger charge is 2.34. The fourth-order valence-corrected chi connectivity index (χ4v) is 3.52. The van der Waals surface area contributed by atoms with Crippen molar-refractivity contribution in [3.8, 4) is 0 Å². The van der Waals surface area contributed by atoms with Crippen molar-refractivity contribution in [1.82, 2.24) is 9.88 Å². The van der Waals surface area contributed by atoms with Crippen LogP contribution in [0, 0.1) is 13.8 Å². The van der Waals surface area contributed by atoms with Crippen LogP contribution in [0.1, 0.15) is 53.7 Å². The molecule has 0 bridgehead atoms. The van der Waals surface area contributed by atoms with E-state index in [0.717, 1.165) is 17.8 Å². The second-order valence-electron chi connectivity index (χ2n) is 6.70. The van der Waals surface area contributed by atoms with E-state index in [1.54, 1.807) is 0 Å². The highest BCUT2D eigenvalue weighted by atomic mass is 16.1. The van der Waals surface area contributed by atoms with Crippen molar-refractivity contribution >= 4 is 11.7 Å². The monoisotopic (exact) mass is 304 g/mol. The smallest absolute Gasteiger partial charge is 0.252 e. The molecule has 0 saturated heterocycles. The van der Waals surface area contributed by atoms with Crippen LogP contribution in [-0.4, -0.2) is 42.0 Å². The molecule has 1 aromatic rings. The first-order valence-corrected chi connectivity index (χ1v) is 8.05. The molecule has 1 heterocycles. The lowest BCUT2D eigenvalue weighted by atomic mass is 9.80. The summed E-state index contributed by atoms with van der Waals surface area (Å²) in [5.41, 5.74) is 7.95. The number of nitrogens with one attached hydrogen (secondary N) is 1. The van der Waals surface area contributed by atoms with Crippen LogP contribution in [0.2, 0.25) is 0 Å². The highest BCUT2D eigenvalue weighted by Crippen LogP contribution is 2.32. The Hall–Kier alpha value is -1.62. The van der Waals surface area contributed by atoms with Gasteiger partial charge in [0.25, 0.3) is 5.91 Å². The Morgan fingerprint density at radius 2 is 1.95 bits per heavy atom. The van der Waals surface area contributed by atoms with Crippen LogP contribution in [-0.2, 0) is 0 Å². The van der Waals surface area contributed by atoms with Crippen LogP contribution < -0.4 is 11.1 Å². The van der Waals surface area contributed by atoms with Crippen LogP contribution in [0.5, 0.6) is 0 Å². The van der Waals surface area contributed by atoms with E-state index in [4.69, 9.17) is 5.73 Å². The summed E-state index contributed by atoms with van der Waals surface area (Å²) in [6, 6.07) is 1.90. The Labute approximate surface area is 133 Å². The predicted molar refractivity (Wildman–Crippen MR) is 90.2 cm³/mol. The lowest BCUT2D eigenvalue weighted by Crippen LogP contribution is -2.51. The van der Waals surface area contributed by atoms with Gasteiger partial charge in [-0.15, -0.1) is 0 Å². The van der Waals surface area contributed by atoms with Crippen molar-refractivity contribution in [2.24, 2.45) is 5.73 Å². The van der Waals surface area contributed by atoms with E-state index in [2.05, 4.69) is 29.3 Å². The number of aromatic nitrogens is 1.